The molecule has 1 heterocycles. The van der Waals surface area contributed by atoms with Gasteiger partial charge in [0, 0.05) is 23.7 Å². The molecule has 1 fully saturated rings. The van der Waals surface area contributed by atoms with E-state index in [2.05, 4.69) is 86.1 Å². The van der Waals surface area contributed by atoms with E-state index in [1.54, 1.807) is 0 Å². The summed E-state index contributed by atoms with van der Waals surface area (Å²) in [6.45, 7) is 28.7. The van der Waals surface area contributed by atoms with E-state index >= 15 is 0 Å². The fourth-order valence-corrected chi connectivity index (χ4v) is 4.44. The lowest BCUT2D eigenvalue weighted by atomic mass is 9.77. The molecule has 3 heteroatoms. The standard InChI is InChI=1S/C23H48N2O/c1-12-13-14-24(17-20(2,3)4)19-15-22(8,9)25(23(10,11)16-19)26-18-21(5,6)7/h19H,12-18H2,1-11H3. The topological polar surface area (TPSA) is 15.7 Å². The number of unbranched alkanes of at least 4 members (excludes halogenated alkanes) is 1. The highest BCUT2D eigenvalue weighted by Gasteiger charge is 2.48. The molecule has 0 bridgehead atoms. The second kappa shape index (κ2) is 8.49. The molecular weight excluding hydrogens is 320 g/mol. The van der Waals surface area contributed by atoms with Gasteiger partial charge in [-0.25, -0.2) is 0 Å². The minimum absolute atomic E-state index is 0.0417. The minimum atomic E-state index is 0.0417. The number of hydrogen-bond acceptors (Lipinski definition) is 3. The maximum absolute atomic E-state index is 6.40. The molecule has 0 aromatic rings. The maximum atomic E-state index is 6.40. The van der Waals surface area contributed by atoms with Crippen LogP contribution in [-0.2, 0) is 4.84 Å². The molecule has 0 atom stereocenters. The van der Waals surface area contributed by atoms with Crippen LogP contribution in [0.2, 0.25) is 0 Å². The van der Waals surface area contributed by atoms with Crippen molar-refractivity contribution in [2.45, 2.75) is 119 Å². The summed E-state index contributed by atoms with van der Waals surface area (Å²) in [5.41, 5.74) is 0.602. The van der Waals surface area contributed by atoms with Gasteiger partial charge in [-0.15, -0.1) is 0 Å². The number of hydrogen-bond donors (Lipinski definition) is 0. The van der Waals surface area contributed by atoms with Crippen LogP contribution in [0.15, 0.2) is 0 Å². The zero-order valence-electron chi connectivity index (χ0n) is 19.8. The van der Waals surface area contributed by atoms with Crippen LogP contribution in [0.3, 0.4) is 0 Å². The molecule has 1 aliphatic rings. The summed E-state index contributed by atoms with van der Waals surface area (Å²) in [6.07, 6.45) is 4.89. The third kappa shape index (κ3) is 7.48. The van der Waals surface area contributed by atoms with Gasteiger partial charge in [0.15, 0.2) is 0 Å². The van der Waals surface area contributed by atoms with Crippen molar-refractivity contribution in [1.29, 1.82) is 0 Å². The van der Waals surface area contributed by atoms with Crippen molar-refractivity contribution in [3.8, 4) is 0 Å². The second-order valence-corrected chi connectivity index (χ2v) is 12.2. The molecule has 0 N–H and O–H groups in total. The van der Waals surface area contributed by atoms with Gasteiger partial charge in [0.05, 0.1) is 6.61 Å². The number of piperidine rings is 1. The summed E-state index contributed by atoms with van der Waals surface area (Å²) in [7, 11) is 0. The quantitative estimate of drug-likeness (QED) is 0.537. The van der Waals surface area contributed by atoms with E-state index < -0.39 is 0 Å². The van der Waals surface area contributed by atoms with Crippen LogP contribution in [-0.4, -0.2) is 46.8 Å². The zero-order valence-corrected chi connectivity index (χ0v) is 19.8. The van der Waals surface area contributed by atoms with Gasteiger partial charge in [0.2, 0.25) is 0 Å². The van der Waals surface area contributed by atoms with Gasteiger partial charge >= 0.3 is 0 Å². The summed E-state index contributed by atoms with van der Waals surface area (Å²) in [4.78, 5) is 9.17. The number of nitrogens with zero attached hydrogens (tertiary/aromatic N) is 2. The third-order valence-corrected chi connectivity index (χ3v) is 5.19. The van der Waals surface area contributed by atoms with Crippen LogP contribution in [0.5, 0.6) is 0 Å². The molecule has 0 saturated carbocycles. The first-order valence-corrected chi connectivity index (χ1v) is 10.7. The fraction of sp³-hybridized carbons (Fsp3) is 1.00. The van der Waals surface area contributed by atoms with Crippen molar-refractivity contribution in [1.82, 2.24) is 9.96 Å². The lowest BCUT2D eigenvalue weighted by Crippen LogP contribution is -2.64. The number of rotatable bonds is 7. The van der Waals surface area contributed by atoms with E-state index in [1.165, 1.54) is 38.8 Å². The lowest BCUT2D eigenvalue weighted by molar-refractivity contribution is -0.298. The molecule has 3 nitrogen and oxygen atoms in total. The molecule has 0 aromatic carbocycles. The molecule has 1 aliphatic heterocycles. The molecule has 0 spiro atoms. The van der Waals surface area contributed by atoms with E-state index in [0.717, 1.165) is 6.61 Å². The van der Waals surface area contributed by atoms with Crippen LogP contribution >= 0.6 is 0 Å². The molecule has 1 rings (SSSR count). The fourth-order valence-electron chi connectivity index (χ4n) is 4.44. The highest BCUT2D eigenvalue weighted by molar-refractivity contribution is 5.00. The third-order valence-electron chi connectivity index (χ3n) is 5.19. The summed E-state index contributed by atoms with van der Waals surface area (Å²) < 4.78 is 0. The predicted molar refractivity (Wildman–Crippen MR) is 114 cm³/mol. The van der Waals surface area contributed by atoms with Crippen molar-refractivity contribution < 1.29 is 4.84 Å². The van der Waals surface area contributed by atoms with Crippen LogP contribution in [0, 0.1) is 10.8 Å². The molecule has 1 saturated heterocycles. The van der Waals surface area contributed by atoms with E-state index in [9.17, 15) is 0 Å². The van der Waals surface area contributed by atoms with E-state index in [4.69, 9.17) is 4.84 Å². The highest BCUT2D eigenvalue weighted by Crippen LogP contribution is 2.41. The van der Waals surface area contributed by atoms with Crippen molar-refractivity contribution in [2.75, 3.05) is 19.7 Å². The Hall–Kier alpha value is -0.120. The Bertz CT molecular complexity index is 410. The molecule has 156 valence electrons. The number of hydroxylamine groups is 2. The van der Waals surface area contributed by atoms with Crippen LogP contribution in [0.1, 0.15) is 102 Å². The van der Waals surface area contributed by atoms with Crippen LogP contribution in [0.25, 0.3) is 0 Å². The Morgan fingerprint density at radius 2 is 1.42 bits per heavy atom. The average Bonchev–Trinajstić information content (AvgIpc) is 2.38. The smallest absolute Gasteiger partial charge is 0.0733 e. The molecule has 0 radical (unpaired) electrons. The second-order valence-electron chi connectivity index (χ2n) is 12.2. The lowest BCUT2D eigenvalue weighted by Gasteiger charge is -2.56. The summed E-state index contributed by atoms with van der Waals surface area (Å²) >= 11 is 0. The van der Waals surface area contributed by atoms with Gasteiger partial charge < -0.3 is 0 Å². The average molecular weight is 369 g/mol. The maximum Gasteiger partial charge on any atom is 0.0733 e. The van der Waals surface area contributed by atoms with Gasteiger partial charge in [0.25, 0.3) is 0 Å². The van der Waals surface area contributed by atoms with E-state index in [0.29, 0.717) is 11.5 Å². The first kappa shape index (κ1) is 23.9. The monoisotopic (exact) mass is 368 g/mol. The molecule has 0 aromatic heterocycles. The van der Waals surface area contributed by atoms with E-state index in [1.807, 2.05) is 0 Å². The normalized spacial score (nSPS) is 22.2. The Morgan fingerprint density at radius 1 is 0.923 bits per heavy atom. The van der Waals surface area contributed by atoms with Gasteiger partial charge in [-0.3, -0.25) is 9.74 Å². The SMILES string of the molecule is CCCCN(CC(C)(C)C)C1CC(C)(C)N(OCC(C)(C)C)C(C)(C)C1. The summed E-state index contributed by atoms with van der Waals surface area (Å²) in [5, 5.41) is 2.32. The Kier molecular flexibility index (Phi) is 7.81. The van der Waals surface area contributed by atoms with Crippen molar-refractivity contribution >= 4 is 0 Å². The zero-order chi connectivity index (χ0) is 20.4. The largest absolute Gasteiger partial charge is 0.300 e. The van der Waals surface area contributed by atoms with Gasteiger partial charge in [-0.2, -0.15) is 5.06 Å². The molecule has 0 unspecified atom stereocenters. The molecule has 0 amide bonds. The first-order valence-electron chi connectivity index (χ1n) is 10.7. The molecule has 0 aliphatic carbocycles. The predicted octanol–water partition coefficient (Wildman–Crippen LogP) is 6.13. The molecule has 26 heavy (non-hydrogen) atoms. The highest BCUT2D eigenvalue weighted by atomic mass is 16.7. The van der Waals surface area contributed by atoms with Gasteiger partial charge in [-0.05, 0) is 64.3 Å². The Labute approximate surface area is 164 Å². The van der Waals surface area contributed by atoms with Crippen LogP contribution < -0.4 is 0 Å². The first-order chi connectivity index (χ1) is 11.6. The van der Waals surface area contributed by atoms with Crippen molar-refractivity contribution in [3.05, 3.63) is 0 Å². The van der Waals surface area contributed by atoms with E-state index in [-0.39, 0.29) is 16.5 Å². The molecular formula is C23H48N2O. The van der Waals surface area contributed by atoms with Crippen molar-refractivity contribution in [2.24, 2.45) is 10.8 Å². The Morgan fingerprint density at radius 3 is 1.81 bits per heavy atom. The summed E-state index contributed by atoms with van der Waals surface area (Å²) in [5.74, 6) is 0. The van der Waals surface area contributed by atoms with Gasteiger partial charge in [0.1, 0.15) is 0 Å². The van der Waals surface area contributed by atoms with Gasteiger partial charge in [-0.1, -0.05) is 54.9 Å². The summed E-state index contributed by atoms with van der Waals surface area (Å²) in [6, 6.07) is 0.625. The Balaban J connectivity index is 2.97. The minimum Gasteiger partial charge on any atom is -0.300 e. The van der Waals surface area contributed by atoms with Crippen LogP contribution in [0.4, 0.5) is 0 Å². The van der Waals surface area contributed by atoms with Crippen molar-refractivity contribution in [3.63, 3.8) is 0 Å².